The van der Waals surface area contributed by atoms with Crippen LogP contribution >= 0.6 is 0 Å². The van der Waals surface area contributed by atoms with Crippen molar-refractivity contribution in [3.05, 3.63) is 29.8 Å². The van der Waals surface area contributed by atoms with Gasteiger partial charge in [-0.05, 0) is 42.5 Å². The summed E-state index contributed by atoms with van der Waals surface area (Å²) < 4.78 is 5.64. The smallest absolute Gasteiger partial charge is 0.162 e. The third-order valence-electron chi connectivity index (χ3n) is 4.35. The van der Waals surface area contributed by atoms with Gasteiger partial charge in [-0.25, -0.2) is 0 Å². The fourth-order valence-electron chi connectivity index (χ4n) is 3.43. The molecule has 1 aliphatic rings. The molecule has 0 saturated carbocycles. The largest absolute Gasteiger partial charge is 0.491 e. The average Bonchev–Trinajstić information content (AvgIpc) is 2.51. The molecule has 1 heterocycles. The molecular weight excluding hydrogens is 290 g/mol. The highest BCUT2D eigenvalue weighted by molar-refractivity contribution is 5.95. The minimum Gasteiger partial charge on any atom is -0.491 e. The number of likely N-dealkylation sites (tertiary alicyclic amines) is 1. The predicted molar refractivity (Wildman–Crippen MR) is 92.0 cm³/mol. The van der Waals surface area contributed by atoms with Crippen molar-refractivity contribution in [1.29, 1.82) is 0 Å². The van der Waals surface area contributed by atoms with Gasteiger partial charge in [0.1, 0.15) is 18.5 Å². The Hall–Kier alpha value is -1.39. The zero-order chi connectivity index (χ0) is 16.8. The van der Waals surface area contributed by atoms with Gasteiger partial charge >= 0.3 is 0 Å². The lowest BCUT2D eigenvalue weighted by molar-refractivity contribution is 0.0429. The number of rotatable bonds is 7. The summed E-state index contributed by atoms with van der Waals surface area (Å²) >= 11 is 0. The van der Waals surface area contributed by atoms with Crippen molar-refractivity contribution in [2.45, 2.75) is 39.7 Å². The molecule has 0 radical (unpaired) electrons. The number of β-amino-alcohol motifs (C(OH)–C–C–N with tert-alkyl or cyclic N) is 1. The van der Waals surface area contributed by atoms with Gasteiger partial charge in [0.15, 0.2) is 5.78 Å². The lowest BCUT2D eigenvalue weighted by Gasteiger charge is -2.35. The van der Waals surface area contributed by atoms with Crippen molar-refractivity contribution < 1.29 is 14.6 Å². The Balaban J connectivity index is 1.77. The highest BCUT2D eigenvalue weighted by Crippen LogP contribution is 2.21. The molecule has 4 nitrogen and oxygen atoms in total. The summed E-state index contributed by atoms with van der Waals surface area (Å²) in [5, 5.41) is 10.2. The van der Waals surface area contributed by atoms with E-state index in [0.717, 1.165) is 13.1 Å². The number of aliphatic hydroxyl groups is 1. The average molecular weight is 319 g/mol. The van der Waals surface area contributed by atoms with Crippen LogP contribution in [0.1, 0.15) is 44.0 Å². The van der Waals surface area contributed by atoms with E-state index < -0.39 is 6.10 Å². The standard InChI is InChI=1S/C19H29NO3/c1-4-19(22)16-5-7-18(8-6-16)23-13-17(21)12-20-10-14(2)9-15(3)11-20/h5-8,14-15,17,21H,4,9-13H2,1-3H3/t14-,15+,17-/m0/s1. The quantitative estimate of drug-likeness (QED) is 0.785. The van der Waals surface area contributed by atoms with E-state index in [1.165, 1.54) is 6.42 Å². The van der Waals surface area contributed by atoms with Crippen LogP contribution in [-0.4, -0.2) is 48.1 Å². The van der Waals surface area contributed by atoms with Crippen molar-refractivity contribution in [3.8, 4) is 5.75 Å². The third-order valence-corrected chi connectivity index (χ3v) is 4.35. The van der Waals surface area contributed by atoms with Gasteiger partial charge < -0.3 is 14.7 Å². The number of ether oxygens (including phenoxy) is 1. The van der Waals surface area contributed by atoms with E-state index in [4.69, 9.17) is 4.74 Å². The molecule has 0 aliphatic carbocycles. The number of hydrogen-bond acceptors (Lipinski definition) is 4. The van der Waals surface area contributed by atoms with E-state index in [0.29, 0.717) is 36.1 Å². The number of carbonyl (C=O) groups is 1. The van der Waals surface area contributed by atoms with Crippen LogP contribution in [0.25, 0.3) is 0 Å². The van der Waals surface area contributed by atoms with Crippen LogP contribution in [0.2, 0.25) is 0 Å². The second-order valence-corrected chi connectivity index (χ2v) is 6.93. The van der Waals surface area contributed by atoms with Crippen LogP contribution in [0.4, 0.5) is 0 Å². The maximum Gasteiger partial charge on any atom is 0.162 e. The maximum absolute atomic E-state index is 11.6. The first-order chi connectivity index (χ1) is 11.0. The van der Waals surface area contributed by atoms with E-state index >= 15 is 0 Å². The first-order valence-electron chi connectivity index (χ1n) is 8.64. The van der Waals surface area contributed by atoms with Gasteiger partial charge in [0, 0.05) is 31.6 Å². The molecule has 0 amide bonds. The fourth-order valence-corrected chi connectivity index (χ4v) is 3.43. The summed E-state index contributed by atoms with van der Waals surface area (Å²) in [6, 6.07) is 7.14. The number of piperidine rings is 1. The summed E-state index contributed by atoms with van der Waals surface area (Å²) in [6.07, 6.45) is 1.28. The van der Waals surface area contributed by atoms with E-state index in [2.05, 4.69) is 18.7 Å². The molecule has 1 N–H and O–H groups in total. The van der Waals surface area contributed by atoms with Crippen LogP contribution in [-0.2, 0) is 0 Å². The van der Waals surface area contributed by atoms with Crippen LogP contribution in [0, 0.1) is 11.8 Å². The SMILES string of the molecule is CCC(=O)c1ccc(OC[C@@H](O)CN2C[C@H](C)C[C@H](C)C2)cc1. The molecule has 23 heavy (non-hydrogen) atoms. The Labute approximate surface area is 139 Å². The summed E-state index contributed by atoms with van der Waals surface area (Å²) in [5.74, 6) is 2.20. The lowest BCUT2D eigenvalue weighted by atomic mass is 9.92. The summed E-state index contributed by atoms with van der Waals surface area (Å²) in [5.41, 5.74) is 0.705. The minimum atomic E-state index is -0.496. The van der Waals surface area contributed by atoms with Crippen LogP contribution in [0.5, 0.6) is 5.75 Å². The van der Waals surface area contributed by atoms with Crippen molar-refractivity contribution >= 4 is 5.78 Å². The Morgan fingerprint density at radius 3 is 2.43 bits per heavy atom. The summed E-state index contributed by atoms with van der Waals surface area (Å²) in [4.78, 5) is 13.9. The van der Waals surface area contributed by atoms with Crippen LogP contribution < -0.4 is 4.74 Å². The molecular formula is C19H29NO3. The van der Waals surface area contributed by atoms with E-state index in [1.807, 2.05) is 6.92 Å². The highest BCUT2D eigenvalue weighted by atomic mass is 16.5. The van der Waals surface area contributed by atoms with E-state index in [9.17, 15) is 9.90 Å². The first kappa shape index (κ1) is 18.0. The molecule has 2 rings (SSSR count). The minimum absolute atomic E-state index is 0.130. The molecule has 4 heteroatoms. The Morgan fingerprint density at radius 2 is 1.87 bits per heavy atom. The van der Waals surface area contributed by atoms with Gasteiger partial charge in [-0.1, -0.05) is 20.8 Å². The van der Waals surface area contributed by atoms with Crippen molar-refractivity contribution in [3.63, 3.8) is 0 Å². The zero-order valence-electron chi connectivity index (χ0n) is 14.5. The van der Waals surface area contributed by atoms with Gasteiger partial charge in [0.2, 0.25) is 0 Å². The Morgan fingerprint density at radius 1 is 1.26 bits per heavy atom. The molecule has 0 bridgehead atoms. The molecule has 1 saturated heterocycles. The third kappa shape index (κ3) is 5.63. The lowest BCUT2D eigenvalue weighted by Crippen LogP contribution is -2.43. The summed E-state index contributed by atoms with van der Waals surface area (Å²) in [7, 11) is 0. The molecule has 128 valence electrons. The van der Waals surface area contributed by atoms with Gasteiger partial charge in [-0.2, -0.15) is 0 Å². The van der Waals surface area contributed by atoms with Crippen molar-refractivity contribution in [2.24, 2.45) is 11.8 Å². The molecule has 1 aromatic carbocycles. The Bertz CT molecular complexity index is 490. The molecule has 0 aromatic heterocycles. The number of aliphatic hydroxyl groups excluding tert-OH is 1. The molecule has 0 spiro atoms. The monoisotopic (exact) mass is 319 g/mol. The van der Waals surface area contributed by atoms with E-state index in [-0.39, 0.29) is 12.4 Å². The van der Waals surface area contributed by atoms with Crippen LogP contribution in [0.15, 0.2) is 24.3 Å². The van der Waals surface area contributed by atoms with Crippen molar-refractivity contribution in [1.82, 2.24) is 4.90 Å². The summed E-state index contributed by atoms with van der Waals surface area (Å²) in [6.45, 7) is 9.42. The second-order valence-electron chi connectivity index (χ2n) is 6.93. The van der Waals surface area contributed by atoms with Gasteiger partial charge in [0.05, 0.1) is 0 Å². The van der Waals surface area contributed by atoms with Gasteiger partial charge in [-0.3, -0.25) is 4.79 Å². The topological polar surface area (TPSA) is 49.8 Å². The number of benzene rings is 1. The molecule has 1 aliphatic heterocycles. The normalized spacial score (nSPS) is 23.5. The zero-order valence-corrected chi connectivity index (χ0v) is 14.5. The number of ketones is 1. The van der Waals surface area contributed by atoms with E-state index in [1.54, 1.807) is 24.3 Å². The second kappa shape index (κ2) is 8.46. The first-order valence-corrected chi connectivity index (χ1v) is 8.64. The molecule has 1 aromatic rings. The number of carbonyl (C=O) groups excluding carboxylic acids is 1. The molecule has 1 fully saturated rings. The highest BCUT2D eigenvalue weighted by Gasteiger charge is 2.23. The molecule has 3 atom stereocenters. The number of hydrogen-bond donors (Lipinski definition) is 1. The maximum atomic E-state index is 11.6. The number of Topliss-reactive ketones (excluding diaryl/α,β-unsaturated/α-hetero) is 1. The van der Waals surface area contributed by atoms with Crippen LogP contribution in [0.3, 0.4) is 0 Å². The fraction of sp³-hybridized carbons (Fsp3) is 0.632. The predicted octanol–water partition coefficient (Wildman–Crippen LogP) is 3.00. The van der Waals surface area contributed by atoms with Gasteiger partial charge in [0.25, 0.3) is 0 Å². The van der Waals surface area contributed by atoms with Gasteiger partial charge in [-0.15, -0.1) is 0 Å². The van der Waals surface area contributed by atoms with Crippen molar-refractivity contribution in [2.75, 3.05) is 26.2 Å². The Kier molecular flexibility index (Phi) is 6.60. The number of nitrogens with zero attached hydrogens (tertiary/aromatic N) is 1. The molecule has 0 unspecified atom stereocenters.